The fourth-order valence-corrected chi connectivity index (χ4v) is 2.67. The van der Waals surface area contributed by atoms with E-state index in [0.29, 0.717) is 12.1 Å². The van der Waals surface area contributed by atoms with Gasteiger partial charge in [-0.2, -0.15) is 0 Å². The normalized spacial score (nSPS) is 11.4. The molecule has 142 valence electrons. The molecule has 2 aromatic rings. The summed E-state index contributed by atoms with van der Waals surface area (Å²) >= 11 is 0. The molecule has 0 aliphatic carbocycles. The fraction of sp³-hybridized carbons (Fsp3) is 0.286. The van der Waals surface area contributed by atoms with E-state index in [9.17, 15) is 14.4 Å². The highest BCUT2D eigenvalue weighted by Crippen LogP contribution is 2.19. The Hall–Kier alpha value is -3.15. The first-order valence-electron chi connectivity index (χ1n) is 8.80. The molecular formula is C21H25N3O3. The Kier molecular flexibility index (Phi) is 7.11. The van der Waals surface area contributed by atoms with Crippen LogP contribution in [-0.4, -0.2) is 24.8 Å². The summed E-state index contributed by atoms with van der Waals surface area (Å²) in [5.41, 5.74) is 3.50. The van der Waals surface area contributed by atoms with Crippen LogP contribution in [0.2, 0.25) is 0 Å². The molecule has 3 N–H and O–H groups in total. The van der Waals surface area contributed by atoms with Crippen LogP contribution in [0.4, 0.5) is 5.69 Å². The van der Waals surface area contributed by atoms with Gasteiger partial charge in [-0.3, -0.25) is 14.4 Å². The minimum atomic E-state index is -0.393. The maximum Gasteiger partial charge on any atom is 0.226 e. The maximum atomic E-state index is 12.4. The van der Waals surface area contributed by atoms with E-state index in [1.165, 1.54) is 6.92 Å². The van der Waals surface area contributed by atoms with E-state index < -0.39 is 6.04 Å². The number of benzene rings is 2. The van der Waals surface area contributed by atoms with Crippen molar-refractivity contribution in [2.45, 2.75) is 32.7 Å². The van der Waals surface area contributed by atoms with E-state index in [0.717, 1.165) is 16.7 Å². The molecule has 0 aromatic heterocycles. The van der Waals surface area contributed by atoms with Gasteiger partial charge in [-0.25, -0.2) is 0 Å². The van der Waals surface area contributed by atoms with Crippen LogP contribution in [0.3, 0.4) is 0 Å². The zero-order chi connectivity index (χ0) is 19.8. The molecule has 6 nitrogen and oxygen atoms in total. The van der Waals surface area contributed by atoms with Crippen molar-refractivity contribution < 1.29 is 14.4 Å². The molecule has 0 bridgehead atoms. The molecule has 3 amide bonds. The number of rotatable bonds is 7. The van der Waals surface area contributed by atoms with Gasteiger partial charge in [0.15, 0.2) is 0 Å². The molecule has 1 atom stereocenters. The van der Waals surface area contributed by atoms with E-state index in [-0.39, 0.29) is 24.1 Å². The second kappa shape index (κ2) is 9.52. The van der Waals surface area contributed by atoms with Crippen LogP contribution in [0.15, 0.2) is 48.5 Å². The second-order valence-corrected chi connectivity index (χ2v) is 6.46. The van der Waals surface area contributed by atoms with E-state index in [2.05, 4.69) is 16.0 Å². The van der Waals surface area contributed by atoms with Crippen molar-refractivity contribution in [1.29, 1.82) is 0 Å². The van der Waals surface area contributed by atoms with Crippen LogP contribution >= 0.6 is 0 Å². The lowest BCUT2D eigenvalue weighted by atomic mass is 10.0. The van der Waals surface area contributed by atoms with Crippen molar-refractivity contribution in [2.24, 2.45) is 0 Å². The van der Waals surface area contributed by atoms with Crippen LogP contribution in [0, 0.1) is 6.92 Å². The first-order valence-corrected chi connectivity index (χ1v) is 8.80. The van der Waals surface area contributed by atoms with Crippen LogP contribution in [0.25, 0.3) is 0 Å². The van der Waals surface area contributed by atoms with Gasteiger partial charge < -0.3 is 16.0 Å². The largest absolute Gasteiger partial charge is 0.359 e. The summed E-state index contributed by atoms with van der Waals surface area (Å²) in [5, 5.41) is 8.23. The molecule has 0 heterocycles. The summed E-state index contributed by atoms with van der Waals surface area (Å²) in [7, 11) is 1.59. The van der Waals surface area contributed by atoms with E-state index >= 15 is 0 Å². The summed E-state index contributed by atoms with van der Waals surface area (Å²) in [4.78, 5) is 35.3. The van der Waals surface area contributed by atoms with Gasteiger partial charge in [0.05, 0.1) is 18.9 Å². The number of anilines is 1. The van der Waals surface area contributed by atoms with Crippen LogP contribution < -0.4 is 16.0 Å². The SMILES string of the molecule is CNC(=O)Cc1ccc(NC(=O)CC(NC(C)=O)c2ccc(C)cc2)cc1. The van der Waals surface area contributed by atoms with Gasteiger partial charge in [-0.15, -0.1) is 0 Å². The Bertz CT molecular complexity index is 798. The molecule has 0 saturated carbocycles. The number of nitrogens with one attached hydrogen (secondary N) is 3. The zero-order valence-corrected chi connectivity index (χ0v) is 15.8. The molecule has 2 aromatic carbocycles. The number of carbonyl (C=O) groups is 3. The van der Waals surface area contributed by atoms with Crippen molar-refractivity contribution in [3.8, 4) is 0 Å². The van der Waals surface area contributed by atoms with Gasteiger partial charge >= 0.3 is 0 Å². The smallest absolute Gasteiger partial charge is 0.226 e. The summed E-state index contributed by atoms with van der Waals surface area (Å²) in [6.45, 7) is 3.42. The van der Waals surface area contributed by atoms with Gasteiger partial charge in [0, 0.05) is 19.7 Å². The Morgan fingerprint density at radius 1 is 0.926 bits per heavy atom. The van der Waals surface area contributed by atoms with Gasteiger partial charge in [0.1, 0.15) is 0 Å². The molecule has 1 unspecified atom stereocenters. The topological polar surface area (TPSA) is 87.3 Å². The molecule has 0 aliphatic heterocycles. The Balaban J connectivity index is 2.01. The number of carbonyl (C=O) groups excluding carboxylic acids is 3. The predicted molar refractivity (Wildman–Crippen MR) is 105 cm³/mol. The number of amides is 3. The highest BCUT2D eigenvalue weighted by atomic mass is 16.2. The highest BCUT2D eigenvalue weighted by Gasteiger charge is 2.17. The molecule has 6 heteroatoms. The summed E-state index contributed by atoms with van der Waals surface area (Å²) in [6, 6.07) is 14.5. The van der Waals surface area contributed by atoms with Crippen molar-refractivity contribution in [3.63, 3.8) is 0 Å². The lowest BCUT2D eigenvalue weighted by Crippen LogP contribution is -2.29. The Morgan fingerprint density at radius 2 is 1.56 bits per heavy atom. The molecule has 0 radical (unpaired) electrons. The quantitative estimate of drug-likeness (QED) is 0.703. The zero-order valence-electron chi connectivity index (χ0n) is 15.8. The van der Waals surface area contributed by atoms with Crippen LogP contribution in [-0.2, 0) is 20.8 Å². The third-order valence-electron chi connectivity index (χ3n) is 4.13. The Labute approximate surface area is 159 Å². The second-order valence-electron chi connectivity index (χ2n) is 6.46. The molecule has 27 heavy (non-hydrogen) atoms. The van der Waals surface area contributed by atoms with Gasteiger partial charge in [0.2, 0.25) is 17.7 Å². The minimum absolute atomic E-state index is 0.0666. The molecule has 0 fully saturated rings. The van der Waals surface area contributed by atoms with Crippen LogP contribution in [0.5, 0.6) is 0 Å². The first kappa shape index (κ1) is 20.2. The van der Waals surface area contributed by atoms with Crippen LogP contribution in [0.1, 0.15) is 36.1 Å². The summed E-state index contributed by atoms with van der Waals surface area (Å²) in [5.74, 6) is -0.455. The number of hydrogen-bond donors (Lipinski definition) is 3. The van der Waals surface area contributed by atoms with Gasteiger partial charge in [0.25, 0.3) is 0 Å². The highest BCUT2D eigenvalue weighted by molar-refractivity contribution is 5.91. The maximum absolute atomic E-state index is 12.4. The third kappa shape index (κ3) is 6.58. The lowest BCUT2D eigenvalue weighted by Gasteiger charge is -2.18. The average molecular weight is 367 g/mol. The van der Waals surface area contributed by atoms with Gasteiger partial charge in [-0.05, 0) is 30.2 Å². The molecule has 0 spiro atoms. The van der Waals surface area contributed by atoms with Crippen molar-refractivity contribution in [2.75, 3.05) is 12.4 Å². The number of likely N-dealkylation sites (N-methyl/N-ethyl adjacent to an activating group) is 1. The van der Waals surface area contributed by atoms with Crippen molar-refractivity contribution in [3.05, 3.63) is 65.2 Å². The average Bonchev–Trinajstić information content (AvgIpc) is 2.63. The van der Waals surface area contributed by atoms with E-state index in [4.69, 9.17) is 0 Å². The van der Waals surface area contributed by atoms with E-state index in [1.54, 1.807) is 31.3 Å². The molecular weight excluding hydrogens is 342 g/mol. The third-order valence-corrected chi connectivity index (χ3v) is 4.13. The predicted octanol–water partition coefficient (Wildman–Crippen LogP) is 2.49. The fourth-order valence-electron chi connectivity index (χ4n) is 2.67. The van der Waals surface area contributed by atoms with Crippen molar-refractivity contribution in [1.82, 2.24) is 10.6 Å². The van der Waals surface area contributed by atoms with E-state index in [1.807, 2.05) is 31.2 Å². The lowest BCUT2D eigenvalue weighted by molar-refractivity contribution is -0.121. The monoisotopic (exact) mass is 367 g/mol. The molecule has 2 rings (SSSR count). The number of aryl methyl sites for hydroxylation is 1. The molecule has 0 saturated heterocycles. The number of hydrogen-bond acceptors (Lipinski definition) is 3. The van der Waals surface area contributed by atoms with Crippen molar-refractivity contribution >= 4 is 23.4 Å². The summed E-state index contributed by atoms with van der Waals surface area (Å²) in [6.07, 6.45) is 0.422. The molecule has 0 aliphatic rings. The Morgan fingerprint density at radius 3 is 2.11 bits per heavy atom. The van der Waals surface area contributed by atoms with Gasteiger partial charge in [-0.1, -0.05) is 42.0 Å². The summed E-state index contributed by atoms with van der Waals surface area (Å²) < 4.78 is 0. The standard InChI is InChI=1S/C21H25N3O3/c1-14-4-8-17(9-5-14)19(23-15(2)25)13-21(27)24-18-10-6-16(7-11-18)12-20(26)22-3/h4-11,19H,12-13H2,1-3H3,(H,22,26)(H,23,25)(H,24,27). The minimum Gasteiger partial charge on any atom is -0.359 e. The first-order chi connectivity index (χ1) is 12.9.